The number of likely N-dealkylation sites (tertiary alicyclic amines) is 1. The van der Waals surface area contributed by atoms with Gasteiger partial charge in [0.05, 0.1) is 24.2 Å². The molecule has 1 saturated heterocycles. The molecule has 0 aliphatic carbocycles. The highest BCUT2D eigenvalue weighted by Crippen LogP contribution is 2.24. The second-order valence-corrected chi connectivity index (χ2v) is 6.64. The maximum absolute atomic E-state index is 12.1. The first kappa shape index (κ1) is 19.9. The molecule has 0 aromatic carbocycles. The number of aliphatic imine (C=N–C) groups is 1. The van der Waals surface area contributed by atoms with Crippen LogP contribution in [-0.4, -0.2) is 54.5 Å². The Labute approximate surface area is 165 Å². The first-order chi connectivity index (χ1) is 13.8. The molecule has 150 valence electrons. The van der Waals surface area contributed by atoms with Gasteiger partial charge in [-0.3, -0.25) is 14.7 Å². The third kappa shape index (κ3) is 5.82. The molecule has 3 rings (SSSR count). The van der Waals surface area contributed by atoms with Crippen LogP contribution >= 0.6 is 0 Å². The van der Waals surface area contributed by atoms with Gasteiger partial charge in [0.2, 0.25) is 5.91 Å². The van der Waals surface area contributed by atoms with E-state index in [1.165, 1.54) is 12.8 Å². The van der Waals surface area contributed by atoms with Gasteiger partial charge < -0.3 is 20.4 Å². The zero-order valence-corrected chi connectivity index (χ0v) is 16.2. The maximum Gasteiger partial charge on any atom is 0.246 e. The van der Waals surface area contributed by atoms with Crippen LogP contribution in [0.25, 0.3) is 0 Å². The molecule has 1 aliphatic rings. The van der Waals surface area contributed by atoms with Gasteiger partial charge in [0, 0.05) is 19.3 Å². The molecule has 3 N–H and O–H groups in total. The molecule has 1 unspecified atom stereocenters. The van der Waals surface area contributed by atoms with Crippen LogP contribution in [0.3, 0.4) is 0 Å². The smallest absolute Gasteiger partial charge is 0.246 e. The van der Waals surface area contributed by atoms with Crippen molar-refractivity contribution in [2.75, 3.05) is 38.0 Å². The molecule has 0 spiro atoms. The van der Waals surface area contributed by atoms with Crippen LogP contribution in [0.5, 0.6) is 0 Å². The quantitative estimate of drug-likeness (QED) is 0.476. The average Bonchev–Trinajstić information content (AvgIpc) is 3.42. The number of hydrogen-bond donors (Lipinski definition) is 3. The van der Waals surface area contributed by atoms with Gasteiger partial charge in [-0.1, -0.05) is 0 Å². The first-order valence-electron chi connectivity index (χ1n) is 9.75. The van der Waals surface area contributed by atoms with Crippen LogP contribution in [0.2, 0.25) is 0 Å². The molecule has 3 heterocycles. The fourth-order valence-corrected chi connectivity index (χ4v) is 3.27. The summed E-state index contributed by atoms with van der Waals surface area (Å²) in [5, 5.41) is 9.32. The van der Waals surface area contributed by atoms with Gasteiger partial charge in [0.1, 0.15) is 12.3 Å². The SMILES string of the molecule is CCNC(=NCC(=O)Nc1cccnc1)NCC(c1ccco1)N1CCCC1. The number of hydrogen-bond acceptors (Lipinski definition) is 5. The number of carbonyl (C=O) groups excluding carboxylic acids is 1. The highest BCUT2D eigenvalue weighted by atomic mass is 16.3. The number of nitrogens with one attached hydrogen (secondary N) is 3. The van der Waals surface area contributed by atoms with Crippen molar-refractivity contribution in [2.45, 2.75) is 25.8 Å². The van der Waals surface area contributed by atoms with E-state index in [0.29, 0.717) is 24.7 Å². The number of anilines is 1. The number of furan rings is 1. The molecule has 0 radical (unpaired) electrons. The standard InChI is InChI=1S/C20H28N6O2/c1-2-22-20(24-15-19(27)25-16-7-5-9-21-13-16)23-14-17(18-8-6-12-28-18)26-10-3-4-11-26/h5-9,12-13,17H,2-4,10-11,14-15H2,1H3,(H,25,27)(H2,22,23,24). The molecular weight excluding hydrogens is 356 g/mol. The van der Waals surface area contributed by atoms with Gasteiger partial charge in [-0.25, -0.2) is 4.99 Å². The van der Waals surface area contributed by atoms with E-state index >= 15 is 0 Å². The third-order valence-electron chi connectivity index (χ3n) is 4.59. The van der Waals surface area contributed by atoms with Crippen molar-refractivity contribution in [3.05, 3.63) is 48.7 Å². The number of rotatable bonds is 8. The Morgan fingerprint density at radius 3 is 2.82 bits per heavy atom. The zero-order chi connectivity index (χ0) is 19.6. The summed E-state index contributed by atoms with van der Waals surface area (Å²) in [5.74, 6) is 1.37. The molecule has 1 fully saturated rings. The summed E-state index contributed by atoms with van der Waals surface area (Å²) in [6.45, 7) is 5.52. The summed E-state index contributed by atoms with van der Waals surface area (Å²) in [6, 6.07) is 7.64. The lowest BCUT2D eigenvalue weighted by Gasteiger charge is -2.26. The van der Waals surface area contributed by atoms with Crippen molar-refractivity contribution in [3.8, 4) is 0 Å². The molecule has 0 saturated carbocycles. The van der Waals surface area contributed by atoms with Crippen molar-refractivity contribution in [1.29, 1.82) is 0 Å². The molecule has 8 heteroatoms. The lowest BCUT2D eigenvalue weighted by atomic mass is 10.2. The Balaban J connectivity index is 1.57. The fourth-order valence-electron chi connectivity index (χ4n) is 3.27. The maximum atomic E-state index is 12.1. The number of guanidine groups is 1. The van der Waals surface area contributed by atoms with Crippen LogP contribution in [-0.2, 0) is 4.79 Å². The van der Waals surface area contributed by atoms with Gasteiger partial charge in [0.15, 0.2) is 5.96 Å². The van der Waals surface area contributed by atoms with Crippen LogP contribution in [0.4, 0.5) is 5.69 Å². The monoisotopic (exact) mass is 384 g/mol. The van der Waals surface area contributed by atoms with E-state index in [2.05, 4.69) is 30.8 Å². The number of amides is 1. The highest BCUT2D eigenvalue weighted by molar-refractivity contribution is 5.93. The Morgan fingerprint density at radius 1 is 1.29 bits per heavy atom. The molecule has 1 atom stereocenters. The van der Waals surface area contributed by atoms with Crippen molar-refractivity contribution >= 4 is 17.6 Å². The van der Waals surface area contributed by atoms with E-state index in [9.17, 15) is 4.79 Å². The first-order valence-corrected chi connectivity index (χ1v) is 9.75. The lowest BCUT2D eigenvalue weighted by molar-refractivity contribution is -0.114. The van der Waals surface area contributed by atoms with Gasteiger partial charge in [-0.15, -0.1) is 0 Å². The largest absolute Gasteiger partial charge is 0.468 e. The topological polar surface area (TPSA) is 94.8 Å². The summed E-state index contributed by atoms with van der Waals surface area (Å²) in [6.07, 6.45) is 7.39. The second kappa shape index (κ2) is 10.5. The predicted molar refractivity (Wildman–Crippen MR) is 109 cm³/mol. The van der Waals surface area contributed by atoms with Crippen LogP contribution in [0, 0.1) is 0 Å². The Kier molecular flexibility index (Phi) is 7.43. The third-order valence-corrected chi connectivity index (χ3v) is 4.59. The minimum Gasteiger partial charge on any atom is -0.468 e. The van der Waals surface area contributed by atoms with Crippen LogP contribution in [0.15, 0.2) is 52.3 Å². The van der Waals surface area contributed by atoms with Crippen molar-refractivity contribution in [3.63, 3.8) is 0 Å². The molecule has 2 aromatic heterocycles. The summed E-state index contributed by atoms with van der Waals surface area (Å²) >= 11 is 0. The number of pyridine rings is 1. The van der Waals surface area contributed by atoms with E-state index in [1.807, 2.05) is 19.1 Å². The zero-order valence-electron chi connectivity index (χ0n) is 16.2. The normalized spacial score (nSPS) is 16.0. The average molecular weight is 384 g/mol. The van der Waals surface area contributed by atoms with Crippen LogP contribution < -0.4 is 16.0 Å². The molecule has 0 bridgehead atoms. The molecule has 2 aromatic rings. The van der Waals surface area contributed by atoms with Crippen LogP contribution in [0.1, 0.15) is 31.6 Å². The minimum atomic E-state index is -0.188. The molecule has 8 nitrogen and oxygen atoms in total. The number of nitrogens with zero attached hydrogens (tertiary/aromatic N) is 3. The number of aromatic nitrogens is 1. The van der Waals surface area contributed by atoms with E-state index in [0.717, 1.165) is 18.8 Å². The van der Waals surface area contributed by atoms with Gasteiger partial charge in [-0.05, 0) is 57.1 Å². The summed E-state index contributed by atoms with van der Waals surface area (Å²) in [5.41, 5.74) is 0.660. The summed E-state index contributed by atoms with van der Waals surface area (Å²) in [7, 11) is 0. The summed E-state index contributed by atoms with van der Waals surface area (Å²) in [4.78, 5) is 22.9. The van der Waals surface area contributed by atoms with Crippen molar-refractivity contribution in [2.24, 2.45) is 4.99 Å². The predicted octanol–water partition coefficient (Wildman–Crippen LogP) is 2.01. The molecule has 1 aliphatic heterocycles. The second-order valence-electron chi connectivity index (χ2n) is 6.64. The Morgan fingerprint density at radius 2 is 2.14 bits per heavy atom. The highest BCUT2D eigenvalue weighted by Gasteiger charge is 2.25. The van der Waals surface area contributed by atoms with Crippen molar-refractivity contribution < 1.29 is 9.21 Å². The lowest BCUT2D eigenvalue weighted by Crippen LogP contribution is -2.43. The summed E-state index contributed by atoms with van der Waals surface area (Å²) < 4.78 is 5.65. The Bertz CT molecular complexity index is 741. The van der Waals surface area contributed by atoms with E-state index in [1.54, 1.807) is 30.8 Å². The minimum absolute atomic E-state index is 0.0271. The molecule has 28 heavy (non-hydrogen) atoms. The van der Waals surface area contributed by atoms with Crippen molar-refractivity contribution in [1.82, 2.24) is 20.5 Å². The molecular formula is C20H28N6O2. The fraction of sp³-hybridized carbons (Fsp3) is 0.450. The van der Waals surface area contributed by atoms with E-state index < -0.39 is 0 Å². The van der Waals surface area contributed by atoms with E-state index in [4.69, 9.17) is 4.42 Å². The Hall–Kier alpha value is -2.87. The van der Waals surface area contributed by atoms with Gasteiger partial charge in [0.25, 0.3) is 0 Å². The van der Waals surface area contributed by atoms with Gasteiger partial charge in [-0.2, -0.15) is 0 Å². The number of carbonyl (C=O) groups is 1. The molecule has 1 amide bonds. The van der Waals surface area contributed by atoms with E-state index in [-0.39, 0.29) is 18.5 Å². The van der Waals surface area contributed by atoms with Gasteiger partial charge >= 0.3 is 0 Å².